The van der Waals surface area contributed by atoms with Gasteiger partial charge >= 0.3 is 5.97 Å². The van der Waals surface area contributed by atoms with Crippen molar-refractivity contribution in [2.24, 2.45) is 4.40 Å². The Morgan fingerprint density at radius 2 is 2.16 bits per heavy atom. The van der Waals surface area contributed by atoms with E-state index in [1.165, 1.54) is 23.9 Å². The minimum absolute atomic E-state index is 0.00388. The SMILES string of the molecule is O=C(OCc1cc([N+](=O)[O-])cc2c1OCOC2)c1ccc2c(c1)SC1=NS(=O)(=O)CCN12. The van der Waals surface area contributed by atoms with Gasteiger partial charge in [-0.1, -0.05) is 0 Å². The molecule has 3 aliphatic rings. The largest absolute Gasteiger partial charge is 0.467 e. The number of nitrogens with zero attached hydrogens (tertiary/aromatic N) is 3. The quantitative estimate of drug-likeness (QED) is 0.367. The molecule has 0 saturated carbocycles. The highest BCUT2D eigenvalue weighted by Crippen LogP contribution is 2.42. The van der Waals surface area contributed by atoms with E-state index in [0.29, 0.717) is 33.5 Å². The molecule has 0 fully saturated rings. The summed E-state index contributed by atoms with van der Waals surface area (Å²) >= 11 is 1.17. The van der Waals surface area contributed by atoms with E-state index in [9.17, 15) is 23.3 Å². The van der Waals surface area contributed by atoms with Gasteiger partial charge in [-0.15, -0.1) is 4.40 Å². The summed E-state index contributed by atoms with van der Waals surface area (Å²) in [6.45, 7) is 0.247. The first kappa shape index (κ1) is 20.7. The Kier molecular flexibility index (Phi) is 5.03. The molecule has 2 aromatic rings. The van der Waals surface area contributed by atoms with Crippen molar-refractivity contribution in [3.05, 3.63) is 57.1 Å². The number of hydrogen-bond donors (Lipinski definition) is 0. The van der Waals surface area contributed by atoms with Gasteiger partial charge in [-0.25, -0.2) is 13.2 Å². The zero-order valence-corrected chi connectivity index (χ0v) is 18.0. The number of ether oxygens (including phenoxy) is 3. The van der Waals surface area contributed by atoms with Gasteiger partial charge in [0.05, 0.1) is 28.5 Å². The molecule has 3 aliphatic heterocycles. The number of carbonyl (C=O) groups excluding carboxylic acids is 1. The number of carbonyl (C=O) groups is 1. The molecule has 0 bridgehead atoms. The second kappa shape index (κ2) is 7.76. The van der Waals surface area contributed by atoms with Crippen molar-refractivity contribution in [2.45, 2.75) is 18.1 Å². The van der Waals surface area contributed by atoms with Crippen LogP contribution in [0.15, 0.2) is 39.6 Å². The van der Waals surface area contributed by atoms with Gasteiger partial charge in [0.15, 0.2) is 12.0 Å². The summed E-state index contributed by atoms with van der Waals surface area (Å²) in [7, 11) is -3.47. The van der Waals surface area contributed by atoms with E-state index in [1.54, 1.807) is 23.1 Å². The van der Waals surface area contributed by atoms with Gasteiger partial charge in [0.2, 0.25) is 0 Å². The van der Waals surface area contributed by atoms with Crippen LogP contribution in [0, 0.1) is 10.1 Å². The Labute approximate surface area is 186 Å². The van der Waals surface area contributed by atoms with Gasteiger partial charge < -0.3 is 19.1 Å². The number of esters is 1. The van der Waals surface area contributed by atoms with E-state index in [1.807, 2.05) is 0 Å². The van der Waals surface area contributed by atoms with Crippen LogP contribution in [0.1, 0.15) is 21.5 Å². The third-order valence-electron chi connectivity index (χ3n) is 5.05. The van der Waals surface area contributed by atoms with Crippen LogP contribution >= 0.6 is 11.8 Å². The monoisotopic (exact) mass is 477 g/mol. The number of nitro groups is 1. The average molecular weight is 477 g/mol. The Hall–Kier alpha value is -3.16. The molecule has 3 heterocycles. The first-order valence-electron chi connectivity index (χ1n) is 9.41. The van der Waals surface area contributed by atoms with Gasteiger partial charge in [-0.05, 0) is 30.0 Å². The summed E-state index contributed by atoms with van der Waals surface area (Å²) in [5.74, 6) is -0.281. The second-order valence-electron chi connectivity index (χ2n) is 7.13. The standard InChI is InChI=1S/C19H15N3O8S2/c23-18(29-9-13-6-14(22(24)25)5-12-8-28-10-30-17(12)13)11-1-2-15-16(7-11)31-19-20-32(26,27)4-3-21(15)19/h1-2,5-7H,3-4,8-10H2. The molecule has 0 spiro atoms. The Morgan fingerprint density at radius 3 is 2.97 bits per heavy atom. The highest BCUT2D eigenvalue weighted by Gasteiger charge is 2.33. The Balaban J connectivity index is 1.36. The first-order chi connectivity index (χ1) is 15.3. The van der Waals surface area contributed by atoms with Crippen molar-refractivity contribution >= 4 is 44.3 Å². The fourth-order valence-corrected chi connectivity index (χ4v) is 5.87. The van der Waals surface area contributed by atoms with Crippen LogP contribution in [0.2, 0.25) is 0 Å². The summed E-state index contributed by atoms with van der Waals surface area (Å²) in [6.07, 6.45) is 0. The molecule has 0 atom stereocenters. The minimum atomic E-state index is -3.47. The molecule has 0 saturated heterocycles. The Bertz CT molecular complexity index is 1290. The average Bonchev–Trinajstić information content (AvgIpc) is 3.12. The molecular weight excluding hydrogens is 462 g/mol. The number of non-ortho nitro benzene ring substituents is 1. The molecule has 5 rings (SSSR count). The molecule has 0 unspecified atom stereocenters. The van der Waals surface area contributed by atoms with Crippen LogP contribution in [0.5, 0.6) is 5.75 Å². The molecule has 166 valence electrons. The lowest BCUT2D eigenvalue weighted by Gasteiger charge is -2.22. The van der Waals surface area contributed by atoms with Crippen molar-refractivity contribution in [3.8, 4) is 5.75 Å². The van der Waals surface area contributed by atoms with Gasteiger partial charge in [0, 0.05) is 34.7 Å². The summed E-state index contributed by atoms with van der Waals surface area (Å²) in [5, 5.41) is 11.6. The fourth-order valence-electron chi connectivity index (χ4n) is 3.58. The lowest BCUT2D eigenvalue weighted by Crippen LogP contribution is -2.35. The highest BCUT2D eigenvalue weighted by atomic mass is 32.2. The summed E-state index contributed by atoms with van der Waals surface area (Å²) in [5.41, 5.74) is 1.78. The van der Waals surface area contributed by atoms with Crippen LogP contribution in [0.3, 0.4) is 0 Å². The number of anilines is 1. The minimum Gasteiger partial charge on any atom is -0.467 e. The van der Waals surface area contributed by atoms with Crippen molar-refractivity contribution in [2.75, 3.05) is 24.0 Å². The predicted molar refractivity (Wildman–Crippen MR) is 113 cm³/mol. The van der Waals surface area contributed by atoms with Crippen LogP contribution in [0.4, 0.5) is 11.4 Å². The summed E-state index contributed by atoms with van der Waals surface area (Å²) in [4.78, 5) is 25.8. The molecule has 0 amide bonds. The molecule has 13 heteroatoms. The summed E-state index contributed by atoms with van der Waals surface area (Å²) < 4.78 is 43.3. The molecule has 0 N–H and O–H groups in total. The molecule has 11 nitrogen and oxygen atoms in total. The zero-order chi connectivity index (χ0) is 22.5. The van der Waals surface area contributed by atoms with Crippen molar-refractivity contribution in [1.82, 2.24) is 0 Å². The third-order valence-corrected chi connectivity index (χ3v) is 7.36. The van der Waals surface area contributed by atoms with E-state index in [-0.39, 0.29) is 37.0 Å². The van der Waals surface area contributed by atoms with Crippen molar-refractivity contribution in [1.29, 1.82) is 0 Å². The third kappa shape index (κ3) is 3.78. The van der Waals surface area contributed by atoms with Crippen LogP contribution in [0.25, 0.3) is 0 Å². The van der Waals surface area contributed by atoms with Gasteiger partial charge in [0.1, 0.15) is 12.4 Å². The maximum Gasteiger partial charge on any atom is 0.338 e. The Morgan fingerprint density at radius 1 is 1.31 bits per heavy atom. The fraction of sp³-hybridized carbons (Fsp3) is 0.263. The molecule has 32 heavy (non-hydrogen) atoms. The lowest BCUT2D eigenvalue weighted by atomic mass is 10.1. The molecule has 0 aliphatic carbocycles. The number of thioether (sulfide) groups is 1. The topological polar surface area (TPSA) is 138 Å². The predicted octanol–water partition coefficient (Wildman–Crippen LogP) is 2.43. The van der Waals surface area contributed by atoms with Gasteiger partial charge in [-0.2, -0.15) is 0 Å². The van der Waals surface area contributed by atoms with E-state index >= 15 is 0 Å². The van der Waals surface area contributed by atoms with Crippen molar-refractivity contribution < 1.29 is 32.3 Å². The number of hydrogen-bond acceptors (Lipinski definition) is 10. The molecule has 0 aromatic heterocycles. The van der Waals surface area contributed by atoms with Gasteiger partial charge in [0.25, 0.3) is 15.7 Å². The zero-order valence-electron chi connectivity index (χ0n) is 16.3. The van der Waals surface area contributed by atoms with Crippen LogP contribution < -0.4 is 9.64 Å². The molecule has 2 aromatic carbocycles. The lowest BCUT2D eigenvalue weighted by molar-refractivity contribution is -0.385. The first-order valence-corrected chi connectivity index (χ1v) is 11.8. The van der Waals surface area contributed by atoms with Crippen LogP contribution in [-0.2, 0) is 32.7 Å². The van der Waals surface area contributed by atoms with Gasteiger partial charge in [-0.3, -0.25) is 10.1 Å². The second-order valence-corrected chi connectivity index (χ2v) is 9.90. The number of sulfonamides is 1. The number of amidine groups is 1. The normalized spacial score (nSPS) is 18.0. The summed E-state index contributed by atoms with van der Waals surface area (Å²) in [6, 6.07) is 7.60. The number of nitro benzene ring substituents is 1. The van der Waals surface area contributed by atoms with Crippen LogP contribution in [-0.4, -0.2) is 43.6 Å². The van der Waals surface area contributed by atoms with E-state index in [0.717, 1.165) is 5.69 Å². The number of benzene rings is 2. The molecular formula is C19H15N3O8S2. The maximum atomic E-state index is 12.7. The molecule has 0 radical (unpaired) electrons. The van der Waals surface area contributed by atoms with E-state index in [4.69, 9.17) is 14.2 Å². The van der Waals surface area contributed by atoms with Crippen molar-refractivity contribution in [3.63, 3.8) is 0 Å². The smallest absolute Gasteiger partial charge is 0.338 e. The van der Waals surface area contributed by atoms with E-state index < -0.39 is 20.9 Å². The van der Waals surface area contributed by atoms with E-state index in [2.05, 4.69) is 4.40 Å². The number of rotatable bonds is 4. The maximum absolute atomic E-state index is 12.7. The number of fused-ring (bicyclic) bond motifs is 4. The highest BCUT2D eigenvalue weighted by molar-refractivity contribution is 8.15.